The van der Waals surface area contributed by atoms with Crippen LogP contribution in [0.25, 0.3) is 5.57 Å². The van der Waals surface area contributed by atoms with E-state index in [1.807, 2.05) is 31.2 Å². The molecule has 2 aromatic rings. The predicted molar refractivity (Wildman–Crippen MR) is 152 cm³/mol. The fourth-order valence-electron chi connectivity index (χ4n) is 5.02. The Hall–Kier alpha value is -2.75. The summed E-state index contributed by atoms with van der Waals surface area (Å²) in [4.78, 5) is 14.5. The monoisotopic (exact) mass is 491 g/mol. The molecular formula is C32H45NO3. The van der Waals surface area contributed by atoms with Crippen molar-refractivity contribution in [3.05, 3.63) is 59.2 Å². The number of hydrogen-bond donors (Lipinski definition) is 0. The Balaban J connectivity index is 2.06. The molecule has 0 amide bonds. The van der Waals surface area contributed by atoms with Crippen molar-refractivity contribution < 1.29 is 14.3 Å². The minimum absolute atomic E-state index is 0.0604. The van der Waals surface area contributed by atoms with Gasteiger partial charge in [0, 0.05) is 12.2 Å². The van der Waals surface area contributed by atoms with Gasteiger partial charge in [-0.3, -0.25) is 0 Å². The van der Waals surface area contributed by atoms with Gasteiger partial charge >= 0.3 is 5.97 Å². The number of carbonyl (C=O) groups is 1. The molecule has 0 atom stereocenters. The Morgan fingerprint density at radius 2 is 1.75 bits per heavy atom. The molecule has 0 fully saturated rings. The van der Waals surface area contributed by atoms with Crippen molar-refractivity contribution in [1.82, 2.24) is 0 Å². The van der Waals surface area contributed by atoms with Gasteiger partial charge in [-0.15, -0.1) is 0 Å². The Morgan fingerprint density at radius 1 is 1.03 bits per heavy atom. The van der Waals surface area contributed by atoms with Crippen molar-refractivity contribution in [2.24, 2.45) is 5.92 Å². The number of fused-ring (bicyclic) bond motifs is 1. The Bertz CT molecular complexity index is 1050. The average molecular weight is 492 g/mol. The van der Waals surface area contributed by atoms with Gasteiger partial charge < -0.3 is 14.4 Å². The SMILES string of the molecule is CCCCCCOc1cc2c(cc1N(CC)c1ccc(C(=O)OCC)cc1)C(C(C)C)=CCC2(C)C. The maximum atomic E-state index is 12.2. The Kier molecular flexibility index (Phi) is 9.64. The Labute approximate surface area is 218 Å². The van der Waals surface area contributed by atoms with Crippen molar-refractivity contribution in [2.45, 2.75) is 86.0 Å². The third-order valence-corrected chi connectivity index (χ3v) is 7.15. The zero-order valence-electron chi connectivity index (χ0n) is 23.4. The summed E-state index contributed by atoms with van der Waals surface area (Å²) in [6.07, 6.45) is 8.17. The molecule has 4 heteroatoms. The third kappa shape index (κ3) is 6.32. The third-order valence-electron chi connectivity index (χ3n) is 7.15. The highest BCUT2D eigenvalue weighted by Gasteiger charge is 2.31. The van der Waals surface area contributed by atoms with Gasteiger partial charge in [-0.1, -0.05) is 60.0 Å². The van der Waals surface area contributed by atoms with E-state index < -0.39 is 0 Å². The van der Waals surface area contributed by atoms with Gasteiger partial charge in [-0.25, -0.2) is 4.79 Å². The molecule has 0 unspecified atom stereocenters. The number of ether oxygens (including phenoxy) is 2. The molecule has 0 aliphatic heterocycles. The summed E-state index contributed by atoms with van der Waals surface area (Å²) < 4.78 is 11.7. The van der Waals surface area contributed by atoms with Gasteiger partial charge in [0.15, 0.2) is 0 Å². The first-order chi connectivity index (χ1) is 17.2. The molecule has 0 bridgehead atoms. The van der Waals surface area contributed by atoms with Crippen LogP contribution in [0.5, 0.6) is 5.75 Å². The molecule has 2 aromatic carbocycles. The fourth-order valence-corrected chi connectivity index (χ4v) is 5.02. The van der Waals surface area contributed by atoms with E-state index in [0.717, 1.165) is 43.1 Å². The van der Waals surface area contributed by atoms with Gasteiger partial charge in [0.1, 0.15) is 5.75 Å². The van der Waals surface area contributed by atoms with Crippen LogP contribution in [0.4, 0.5) is 11.4 Å². The van der Waals surface area contributed by atoms with E-state index in [4.69, 9.17) is 9.47 Å². The number of anilines is 2. The second-order valence-corrected chi connectivity index (χ2v) is 10.7. The van der Waals surface area contributed by atoms with E-state index in [2.05, 4.69) is 64.7 Å². The number of unbranched alkanes of at least 4 members (excludes halogenated alkanes) is 3. The minimum Gasteiger partial charge on any atom is -0.491 e. The van der Waals surface area contributed by atoms with Gasteiger partial charge in [0.2, 0.25) is 0 Å². The maximum Gasteiger partial charge on any atom is 0.338 e. The van der Waals surface area contributed by atoms with Crippen LogP contribution >= 0.6 is 0 Å². The fraction of sp³-hybridized carbons (Fsp3) is 0.531. The first kappa shape index (κ1) is 27.8. The van der Waals surface area contributed by atoms with E-state index in [1.165, 1.54) is 36.0 Å². The molecule has 196 valence electrons. The zero-order valence-corrected chi connectivity index (χ0v) is 23.4. The van der Waals surface area contributed by atoms with E-state index in [-0.39, 0.29) is 11.4 Å². The Morgan fingerprint density at radius 3 is 2.36 bits per heavy atom. The molecular weight excluding hydrogens is 446 g/mol. The lowest BCUT2D eigenvalue weighted by atomic mass is 9.71. The highest BCUT2D eigenvalue weighted by molar-refractivity contribution is 5.90. The summed E-state index contributed by atoms with van der Waals surface area (Å²) in [5.41, 5.74) is 6.86. The highest BCUT2D eigenvalue weighted by atomic mass is 16.5. The van der Waals surface area contributed by atoms with Crippen molar-refractivity contribution in [2.75, 3.05) is 24.7 Å². The lowest BCUT2D eigenvalue weighted by molar-refractivity contribution is 0.0526. The smallest absolute Gasteiger partial charge is 0.338 e. The second-order valence-electron chi connectivity index (χ2n) is 10.7. The standard InChI is InChI=1S/C32H45NO3/c1-8-11-12-13-20-36-30-22-28-27(26(23(4)5)18-19-32(28,6)7)21-29(30)33(9-2)25-16-14-24(15-17-25)31(34)35-10-3/h14-18,21-23H,8-13,19-20H2,1-7H3. The number of hydrogen-bond acceptors (Lipinski definition) is 4. The minimum atomic E-state index is -0.286. The maximum absolute atomic E-state index is 12.2. The number of esters is 1. The number of benzene rings is 2. The van der Waals surface area contributed by atoms with Gasteiger partial charge in [0.05, 0.1) is 24.5 Å². The molecule has 3 rings (SSSR count). The van der Waals surface area contributed by atoms with Crippen LogP contribution in [0.1, 0.15) is 102 Å². The highest BCUT2D eigenvalue weighted by Crippen LogP contribution is 2.47. The van der Waals surface area contributed by atoms with Crippen LogP contribution in [-0.2, 0) is 10.2 Å². The van der Waals surface area contributed by atoms with Crippen LogP contribution in [0.2, 0.25) is 0 Å². The number of rotatable bonds is 12. The molecule has 4 nitrogen and oxygen atoms in total. The molecule has 0 spiro atoms. The summed E-state index contributed by atoms with van der Waals surface area (Å²) in [6.45, 7) is 17.3. The second kappa shape index (κ2) is 12.5. The molecule has 1 aliphatic rings. The lowest BCUT2D eigenvalue weighted by Crippen LogP contribution is -2.25. The topological polar surface area (TPSA) is 38.8 Å². The van der Waals surface area contributed by atoms with E-state index in [1.54, 1.807) is 0 Å². The van der Waals surface area contributed by atoms with Crippen molar-refractivity contribution in [3.63, 3.8) is 0 Å². The summed E-state index contributed by atoms with van der Waals surface area (Å²) in [7, 11) is 0. The van der Waals surface area contributed by atoms with E-state index in [9.17, 15) is 4.79 Å². The molecule has 36 heavy (non-hydrogen) atoms. The van der Waals surface area contributed by atoms with Crippen LogP contribution in [0.15, 0.2) is 42.5 Å². The quantitative estimate of drug-likeness (QED) is 0.220. The number of carbonyl (C=O) groups excluding carboxylic acids is 1. The van der Waals surface area contributed by atoms with E-state index in [0.29, 0.717) is 18.1 Å². The van der Waals surface area contributed by atoms with Crippen LogP contribution in [-0.4, -0.2) is 25.7 Å². The molecule has 0 aromatic heterocycles. The van der Waals surface area contributed by atoms with Gasteiger partial charge in [-0.05, 0) is 91.1 Å². The zero-order chi connectivity index (χ0) is 26.3. The summed E-state index contributed by atoms with van der Waals surface area (Å²) in [5.74, 6) is 1.11. The molecule has 0 saturated heterocycles. The van der Waals surface area contributed by atoms with Crippen molar-refractivity contribution >= 4 is 22.9 Å². The van der Waals surface area contributed by atoms with Crippen LogP contribution in [0, 0.1) is 5.92 Å². The number of allylic oxidation sites excluding steroid dienone is 2. The first-order valence-corrected chi connectivity index (χ1v) is 13.8. The molecule has 0 heterocycles. The summed E-state index contributed by atoms with van der Waals surface area (Å²) in [5, 5.41) is 0. The first-order valence-electron chi connectivity index (χ1n) is 13.8. The van der Waals surface area contributed by atoms with Gasteiger partial charge in [-0.2, -0.15) is 0 Å². The van der Waals surface area contributed by atoms with Crippen LogP contribution in [0.3, 0.4) is 0 Å². The normalized spacial score (nSPS) is 14.3. The lowest BCUT2D eigenvalue weighted by Gasteiger charge is -2.36. The largest absolute Gasteiger partial charge is 0.491 e. The summed E-state index contributed by atoms with van der Waals surface area (Å²) in [6, 6.07) is 12.3. The van der Waals surface area contributed by atoms with E-state index >= 15 is 0 Å². The summed E-state index contributed by atoms with van der Waals surface area (Å²) >= 11 is 0. The molecule has 0 saturated carbocycles. The van der Waals surface area contributed by atoms with Gasteiger partial charge in [0.25, 0.3) is 0 Å². The molecule has 0 radical (unpaired) electrons. The van der Waals surface area contributed by atoms with Crippen molar-refractivity contribution in [3.8, 4) is 5.75 Å². The average Bonchev–Trinajstić information content (AvgIpc) is 2.85. The van der Waals surface area contributed by atoms with Crippen LogP contribution < -0.4 is 9.64 Å². The predicted octanol–water partition coefficient (Wildman–Crippen LogP) is 8.70. The molecule has 0 N–H and O–H groups in total. The number of nitrogens with zero attached hydrogens (tertiary/aromatic N) is 1. The molecule has 1 aliphatic carbocycles. The van der Waals surface area contributed by atoms with Crippen molar-refractivity contribution in [1.29, 1.82) is 0 Å².